The van der Waals surface area contributed by atoms with E-state index in [0.29, 0.717) is 34.8 Å². The molecule has 3 amide bonds. The van der Waals surface area contributed by atoms with Crippen molar-refractivity contribution in [3.8, 4) is 29.4 Å². The second-order valence-corrected chi connectivity index (χ2v) is 20.0. The smallest absolute Gasteiger partial charge is 0.246 e. The van der Waals surface area contributed by atoms with Crippen LogP contribution in [0.4, 0.5) is 11.5 Å². The maximum Gasteiger partial charge on any atom is 0.246 e. The summed E-state index contributed by atoms with van der Waals surface area (Å²) in [6.45, 7) is 14.0. The summed E-state index contributed by atoms with van der Waals surface area (Å²) in [4.78, 5) is 52.5. The Kier molecular flexibility index (Phi) is 11.9. The molecule has 1 spiro atoms. The number of phenolic OH excluding ortho intramolecular Hbond substituents is 1. The molecule has 0 radical (unpaired) electrons. The van der Waals surface area contributed by atoms with Crippen LogP contribution in [0.5, 0.6) is 5.75 Å². The number of aliphatic hydroxyl groups is 1. The summed E-state index contributed by atoms with van der Waals surface area (Å²) in [6.07, 6.45) is 9.29. The summed E-state index contributed by atoms with van der Waals surface area (Å²) in [6, 6.07) is 16.5. The fourth-order valence-electron chi connectivity index (χ4n) is 11.0. The van der Waals surface area contributed by atoms with Crippen molar-refractivity contribution in [3.05, 3.63) is 65.7 Å². The number of aromatic nitrogens is 2. The molecular formula is C48H62N10O5. The number of piperidine rings is 1. The number of phenols is 1. The summed E-state index contributed by atoms with van der Waals surface area (Å²) >= 11 is 0. The van der Waals surface area contributed by atoms with Crippen molar-refractivity contribution in [2.24, 2.45) is 10.8 Å². The molecule has 4 saturated heterocycles. The van der Waals surface area contributed by atoms with Crippen molar-refractivity contribution in [2.45, 2.75) is 95.7 Å². The Morgan fingerprint density at radius 1 is 0.952 bits per heavy atom. The van der Waals surface area contributed by atoms with Crippen molar-refractivity contribution in [1.29, 1.82) is 0 Å². The lowest BCUT2D eigenvalue weighted by Gasteiger charge is -2.64. The molecular weight excluding hydrogens is 797 g/mol. The van der Waals surface area contributed by atoms with Gasteiger partial charge in [-0.3, -0.25) is 29.1 Å². The van der Waals surface area contributed by atoms with Gasteiger partial charge in [0.2, 0.25) is 17.7 Å². The first-order valence-corrected chi connectivity index (χ1v) is 22.7. The van der Waals surface area contributed by atoms with Crippen LogP contribution in [-0.4, -0.2) is 159 Å². The van der Waals surface area contributed by atoms with Crippen LogP contribution in [-0.2, 0) is 20.9 Å². The van der Waals surface area contributed by atoms with Gasteiger partial charge < -0.3 is 36.0 Å². The number of para-hydroxylation sites is 1. The zero-order chi connectivity index (χ0) is 44.0. The molecule has 6 heterocycles. The van der Waals surface area contributed by atoms with Crippen LogP contribution in [0, 0.1) is 23.2 Å². The van der Waals surface area contributed by atoms with E-state index in [1.54, 1.807) is 6.07 Å². The van der Waals surface area contributed by atoms with Crippen LogP contribution in [0.15, 0.2) is 54.6 Å². The minimum absolute atomic E-state index is 0.0353. The van der Waals surface area contributed by atoms with Gasteiger partial charge in [0.05, 0.1) is 30.1 Å². The maximum absolute atomic E-state index is 14.1. The van der Waals surface area contributed by atoms with E-state index in [4.69, 9.17) is 6.42 Å². The summed E-state index contributed by atoms with van der Waals surface area (Å²) < 4.78 is 0. The molecule has 5 N–H and O–H groups in total. The van der Waals surface area contributed by atoms with E-state index in [1.165, 1.54) is 17.7 Å². The number of β-amino-alcohol motifs (C(OH)–C–C–N with tert-alkyl or cyclic N) is 1. The molecule has 4 atom stereocenters. The molecule has 6 aliphatic rings. The molecule has 1 saturated carbocycles. The molecule has 5 aliphatic heterocycles. The van der Waals surface area contributed by atoms with Gasteiger partial charge in [-0.25, -0.2) is 0 Å². The zero-order valence-corrected chi connectivity index (χ0v) is 36.8. The van der Waals surface area contributed by atoms with Gasteiger partial charge in [0, 0.05) is 95.1 Å². The average Bonchev–Trinajstić information content (AvgIpc) is 3.65. The number of likely N-dealkylation sites (tertiary alicyclic amines) is 3. The van der Waals surface area contributed by atoms with Gasteiger partial charge in [0.25, 0.3) is 0 Å². The van der Waals surface area contributed by atoms with Crippen LogP contribution in [0.1, 0.15) is 64.0 Å². The van der Waals surface area contributed by atoms with Crippen LogP contribution in [0.3, 0.4) is 0 Å². The minimum Gasteiger partial charge on any atom is -0.507 e. The van der Waals surface area contributed by atoms with Crippen molar-refractivity contribution in [2.75, 3.05) is 75.7 Å². The summed E-state index contributed by atoms with van der Waals surface area (Å²) in [5, 5.41) is 39.4. The second kappa shape index (κ2) is 17.4. The fraction of sp³-hybridized carbons (Fsp3) is 0.562. The number of terminal acetylenes is 1. The number of carbonyl (C=O) groups excluding carboxylic acids is 3. The third-order valence-electron chi connectivity index (χ3n) is 14.5. The molecule has 1 aliphatic carbocycles. The number of nitrogens with zero attached hydrogens (tertiary/aromatic N) is 7. The van der Waals surface area contributed by atoms with Gasteiger partial charge in [-0.1, -0.05) is 51.0 Å². The van der Waals surface area contributed by atoms with Crippen LogP contribution in [0.2, 0.25) is 0 Å². The topological polar surface area (TPSA) is 170 Å². The molecule has 5 fully saturated rings. The van der Waals surface area contributed by atoms with E-state index in [2.05, 4.69) is 57.7 Å². The highest BCUT2D eigenvalue weighted by Crippen LogP contribution is 2.52. The number of anilines is 2. The third-order valence-corrected chi connectivity index (χ3v) is 14.5. The number of piperazine rings is 1. The van der Waals surface area contributed by atoms with Gasteiger partial charge in [-0.2, -0.15) is 0 Å². The average molecular weight is 859 g/mol. The Hall–Kier alpha value is -5.27. The van der Waals surface area contributed by atoms with Gasteiger partial charge >= 0.3 is 0 Å². The Balaban J connectivity index is 0.710. The summed E-state index contributed by atoms with van der Waals surface area (Å²) in [5.41, 5.74) is 3.86. The molecule has 63 heavy (non-hydrogen) atoms. The summed E-state index contributed by atoms with van der Waals surface area (Å²) in [7, 11) is 0. The number of hydrogen-bond donors (Lipinski definition) is 5. The van der Waals surface area contributed by atoms with Gasteiger partial charge in [0.1, 0.15) is 17.8 Å². The fourth-order valence-corrected chi connectivity index (χ4v) is 11.0. The highest BCUT2D eigenvalue weighted by molar-refractivity contribution is 5.93. The van der Waals surface area contributed by atoms with Crippen LogP contribution in [0.25, 0.3) is 11.3 Å². The standard InChI is InChI=1S/C48H62N10O5/c1-5-31-10-12-32(13-11-31)24-50-45(62)40-20-36(59)27-58(40)46(63)43(47(2,3)4)51-42(61)28-54-16-14-33(15-17-54)56-29-48(30-56)22-34(23-48)55-18-19-57-35(26-55)25-49-44-39(57)21-38(52-53-44)37-8-6-7-9-41(37)60/h1,6-13,21,33-36,40,43,59-60H,14-20,22-30H2,2-4H3,(H,49,53)(H,50,62)(H,51,61)/t35-,36+,40-,43+/m0/s1. The lowest BCUT2D eigenvalue weighted by Crippen LogP contribution is -2.71. The minimum atomic E-state index is -0.859. The monoisotopic (exact) mass is 858 g/mol. The number of rotatable bonds is 10. The Morgan fingerprint density at radius 2 is 1.70 bits per heavy atom. The zero-order valence-electron chi connectivity index (χ0n) is 36.8. The van der Waals surface area contributed by atoms with E-state index in [0.717, 1.165) is 87.8 Å². The molecule has 15 nitrogen and oxygen atoms in total. The number of aliphatic hydroxyl groups excluding tert-OH is 1. The molecule has 0 unspecified atom stereocenters. The molecule has 1 aromatic heterocycles. The van der Waals surface area contributed by atoms with E-state index >= 15 is 0 Å². The van der Waals surface area contributed by atoms with Crippen molar-refractivity contribution < 1.29 is 24.6 Å². The SMILES string of the molecule is C#Cc1ccc(CNC(=O)[C@@H]2C[C@@H](O)CN2C(=O)[C@@H](NC(=O)CN2CCC(N3CC4(CC(N5CCN6c7cc(-c8ccccc8O)nnc7NC[C@H]6C5)C4)C3)CC2)C(C)(C)C)cc1. The number of hydrogen-bond acceptors (Lipinski definition) is 12. The number of fused-ring (bicyclic) bond motifs is 3. The number of carbonyl (C=O) groups is 3. The number of amides is 3. The molecule has 2 aromatic carbocycles. The largest absolute Gasteiger partial charge is 0.507 e. The third kappa shape index (κ3) is 8.96. The van der Waals surface area contributed by atoms with Crippen molar-refractivity contribution >= 4 is 29.2 Å². The lowest BCUT2D eigenvalue weighted by atomic mass is 9.59. The highest BCUT2D eigenvalue weighted by atomic mass is 16.3. The number of aromatic hydroxyl groups is 1. The lowest BCUT2D eigenvalue weighted by molar-refractivity contribution is -0.144. The van der Waals surface area contributed by atoms with Crippen LogP contribution < -0.4 is 20.9 Å². The van der Waals surface area contributed by atoms with E-state index in [-0.39, 0.29) is 49.5 Å². The number of benzene rings is 2. The predicted octanol–water partition coefficient (Wildman–Crippen LogP) is 2.48. The first-order chi connectivity index (χ1) is 30.3. The Labute approximate surface area is 370 Å². The van der Waals surface area contributed by atoms with Gasteiger partial charge in [-0.05, 0) is 72.4 Å². The molecule has 334 valence electrons. The van der Waals surface area contributed by atoms with E-state index in [1.807, 2.05) is 63.2 Å². The van der Waals surface area contributed by atoms with Crippen LogP contribution >= 0.6 is 0 Å². The second-order valence-electron chi connectivity index (χ2n) is 20.0. The molecule has 0 bridgehead atoms. The first-order valence-electron chi connectivity index (χ1n) is 22.7. The Bertz CT molecular complexity index is 2220. The first kappa shape index (κ1) is 43.0. The highest BCUT2D eigenvalue weighted by Gasteiger charge is 2.55. The molecule has 9 rings (SSSR count). The van der Waals surface area contributed by atoms with E-state index < -0.39 is 23.6 Å². The van der Waals surface area contributed by atoms with Crippen molar-refractivity contribution in [1.82, 2.24) is 40.4 Å². The molecule has 15 heteroatoms. The van der Waals surface area contributed by atoms with Gasteiger partial charge in [-0.15, -0.1) is 16.6 Å². The summed E-state index contributed by atoms with van der Waals surface area (Å²) in [5.74, 6) is 2.69. The Morgan fingerprint density at radius 3 is 2.41 bits per heavy atom. The predicted molar refractivity (Wildman–Crippen MR) is 241 cm³/mol. The van der Waals surface area contributed by atoms with Gasteiger partial charge in [0.15, 0.2) is 5.82 Å². The maximum atomic E-state index is 14.1. The van der Waals surface area contributed by atoms with Crippen molar-refractivity contribution in [3.63, 3.8) is 0 Å². The normalized spacial score (nSPS) is 24.6. The van der Waals surface area contributed by atoms with E-state index in [9.17, 15) is 24.6 Å². The number of nitrogens with one attached hydrogen (secondary N) is 3. The quantitative estimate of drug-likeness (QED) is 0.189. The molecule has 3 aromatic rings.